The molecule has 0 amide bonds. The molecule has 0 bridgehead atoms. The number of nitrogens with two attached hydrogens (primary N) is 1. The lowest BCUT2D eigenvalue weighted by Crippen LogP contribution is -2.46. The van der Waals surface area contributed by atoms with Crippen LogP contribution in [-0.4, -0.2) is 19.1 Å². The van der Waals surface area contributed by atoms with E-state index in [0.717, 1.165) is 19.5 Å². The molecule has 2 unspecified atom stereocenters. The van der Waals surface area contributed by atoms with Crippen molar-refractivity contribution in [2.75, 3.05) is 13.1 Å². The Bertz CT molecular complexity index is 326. The predicted molar refractivity (Wildman–Crippen MR) is 73.1 cm³/mol. The van der Waals surface area contributed by atoms with Gasteiger partial charge in [0, 0.05) is 18.0 Å². The van der Waals surface area contributed by atoms with Gasteiger partial charge in [0.15, 0.2) is 0 Å². The van der Waals surface area contributed by atoms with Gasteiger partial charge in [0.25, 0.3) is 0 Å². The fourth-order valence-corrected chi connectivity index (χ4v) is 2.75. The number of hydrogen-bond acceptors (Lipinski definition) is 2. The molecule has 1 aliphatic rings. The fourth-order valence-electron chi connectivity index (χ4n) is 2.75. The van der Waals surface area contributed by atoms with Crippen molar-refractivity contribution >= 4 is 0 Å². The Balaban J connectivity index is 1.93. The third-order valence-corrected chi connectivity index (χ3v) is 4.05. The molecule has 94 valence electrons. The Hall–Kier alpha value is -0.860. The summed E-state index contributed by atoms with van der Waals surface area (Å²) in [6.45, 7) is 4.27. The van der Waals surface area contributed by atoms with Gasteiger partial charge in [0.05, 0.1) is 0 Å². The highest BCUT2D eigenvalue weighted by molar-refractivity contribution is 5.25. The second-order valence-electron chi connectivity index (χ2n) is 5.47. The maximum absolute atomic E-state index is 5.56. The first kappa shape index (κ1) is 12.6. The van der Waals surface area contributed by atoms with Gasteiger partial charge < -0.3 is 11.1 Å². The molecular formula is C15H24N2. The van der Waals surface area contributed by atoms with E-state index in [9.17, 15) is 0 Å². The smallest absolute Gasteiger partial charge is 0.00682 e. The van der Waals surface area contributed by atoms with Crippen molar-refractivity contribution in [2.24, 2.45) is 5.73 Å². The Labute approximate surface area is 105 Å². The van der Waals surface area contributed by atoms with Gasteiger partial charge in [-0.05, 0) is 37.8 Å². The van der Waals surface area contributed by atoms with E-state index in [1.807, 2.05) is 0 Å². The summed E-state index contributed by atoms with van der Waals surface area (Å²) in [6, 6.07) is 11.6. The normalized spacial score (nSPS) is 29.2. The van der Waals surface area contributed by atoms with E-state index in [2.05, 4.69) is 42.6 Å². The zero-order chi connectivity index (χ0) is 12.1. The van der Waals surface area contributed by atoms with Crippen LogP contribution < -0.4 is 11.1 Å². The summed E-state index contributed by atoms with van der Waals surface area (Å²) in [5.41, 5.74) is 7.33. The molecule has 3 N–H and O–H groups in total. The van der Waals surface area contributed by atoms with Crippen LogP contribution in [0, 0.1) is 0 Å². The molecule has 1 heterocycles. The highest BCUT2D eigenvalue weighted by Gasteiger charge is 2.31. The molecule has 0 aliphatic carbocycles. The van der Waals surface area contributed by atoms with Gasteiger partial charge in [0.1, 0.15) is 0 Å². The molecule has 0 spiro atoms. The molecular weight excluding hydrogens is 208 g/mol. The van der Waals surface area contributed by atoms with Crippen LogP contribution in [0.4, 0.5) is 0 Å². The summed E-state index contributed by atoms with van der Waals surface area (Å²) in [5.74, 6) is 0. The number of piperidine rings is 1. The Morgan fingerprint density at radius 2 is 2.12 bits per heavy atom. The monoisotopic (exact) mass is 232 g/mol. The second kappa shape index (κ2) is 5.65. The van der Waals surface area contributed by atoms with Gasteiger partial charge in [-0.3, -0.25) is 0 Å². The minimum Gasteiger partial charge on any atom is -0.330 e. The molecule has 2 heteroatoms. The Morgan fingerprint density at radius 1 is 1.35 bits per heavy atom. The van der Waals surface area contributed by atoms with Crippen molar-refractivity contribution in [2.45, 2.75) is 44.1 Å². The van der Waals surface area contributed by atoms with Crippen LogP contribution in [0.15, 0.2) is 30.3 Å². The van der Waals surface area contributed by atoms with Gasteiger partial charge in [-0.2, -0.15) is 0 Å². The predicted octanol–water partition coefficient (Wildman–Crippen LogP) is 2.44. The van der Waals surface area contributed by atoms with Gasteiger partial charge in [-0.15, -0.1) is 0 Å². The van der Waals surface area contributed by atoms with Crippen LogP contribution in [0.1, 0.15) is 38.2 Å². The maximum atomic E-state index is 5.56. The number of hydrogen-bond donors (Lipinski definition) is 2. The van der Waals surface area contributed by atoms with Crippen molar-refractivity contribution in [3.63, 3.8) is 0 Å². The molecule has 0 saturated carbocycles. The molecule has 2 rings (SSSR count). The van der Waals surface area contributed by atoms with Gasteiger partial charge >= 0.3 is 0 Å². The van der Waals surface area contributed by atoms with Gasteiger partial charge in [-0.1, -0.05) is 37.3 Å². The first-order chi connectivity index (χ1) is 8.24. The molecule has 2 nitrogen and oxygen atoms in total. The summed E-state index contributed by atoms with van der Waals surface area (Å²) >= 11 is 0. The lowest BCUT2D eigenvalue weighted by Gasteiger charge is -2.38. The minimum atomic E-state index is 0.306. The molecule has 0 radical (unpaired) electrons. The third kappa shape index (κ3) is 3.08. The van der Waals surface area contributed by atoms with E-state index in [-0.39, 0.29) is 0 Å². The summed E-state index contributed by atoms with van der Waals surface area (Å²) in [4.78, 5) is 0. The summed E-state index contributed by atoms with van der Waals surface area (Å²) in [7, 11) is 0. The maximum Gasteiger partial charge on any atom is 0.00682 e. The molecule has 17 heavy (non-hydrogen) atoms. The minimum absolute atomic E-state index is 0.306. The topological polar surface area (TPSA) is 38.0 Å². The van der Waals surface area contributed by atoms with Gasteiger partial charge in [-0.25, -0.2) is 0 Å². The van der Waals surface area contributed by atoms with E-state index in [1.165, 1.54) is 24.8 Å². The van der Waals surface area contributed by atoms with E-state index in [4.69, 9.17) is 5.73 Å². The first-order valence-corrected chi connectivity index (χ1v) is 6.73. The van der Waals surface area contributed by atoms with Crippen LogP contribution >= 0.6 is 0 Å². The van der Waals surface area contributed by atoms with Crippen LogP contribution in [0.2, 0.25) is 0 Å². The molecule has 1 aliphatic heterocycles. The largest absolute Gasteiger partial charge is 0.330 e. The second-order valence-corrected chi connectivity index (χ2v) is 5.47. The average molecular weight is 232 g/mol. The quantitative estimate of drug-likeness (QED) is 0.837. The molecule has 1 aromatic carbocycles. The first-order valence-electron chi connectivity index (χ1n) is 6.73. The van der Waals surface area contributed by atoms with Crippen LogP contribution in [0.25, 0.3) is 0 Å². The zero-order valence-electron chi connectivity index (χ0n) is 10.8. The molecule has 1 aromatic rings. The summed E-state index contributed by atoms with van der Waals surface area (Å²) in [6.07, 6.45) is 4.91. The van der Waals surface area contributed by atoms with Crippen molar-refractivity contribution in [1.29, 1.82) is 0 Å². The standard InChI is InChI=1S/C15H24N2/c1-15(13-6-3-2-4-7-13)10-9-14(17-12-15)8-5-11-16/h2-4,6-7,14,17H,5,8-12,16H2,1H3. The summed E-state index contributed by atoms with van der Waals surface area (Å²) in [5, 5.41) is 3.69. The van der Waals surface area contributed by atoms with E-state index < -0.39 is 0 Å². The highest BCUT2D eigenvalue weighted by Crippen LogP contribution is 2.32. The highest BCUT2D eigenvalue weighted by atomic mass is 14.9. The van der Waals surface area contributed by atoms with Crippen molar-refractivity contribution in [1.82, 2.24) is 5.32 Å². The Morgan fingerprint density at radius 3 is 2.71 bits per heavy atom. The summed E-state index contributed by atoms with van der Waals surface area (Å²) < 4.78 is 0. The van der Waals surface area contributed by atoms with E-state index in [1.54, 1.807) is 0 Å². The molecule has 1 fully saturated rings. The lowest BCUT2D eigenvalue weighted by atomic mass is 9.74. The van der Waals surface area contributed by atoms with Crippen molar-refractivity contribution in [3.8, 4) is 0 Å². The van der Waals surface area contributed by atoms with Crippen molar-refractivity contribution in [3.05, 3.63) is 35.9 Å². The number of rotatable bonds is 4. The third-order valence-electron chi connectivity index (χ3n) is 4.05. The molecule has 0 aromatic heterocycles. The van der Waals surface area contributed by atoms with Crippen LogP contribution in [-0.2, 0) is 5.41 Å². The molecule has 2 atom stereocenters. The zero-order valence-corrected chi connectivity index (χ0v) is 10.8. The number of nitrogens with one attached hydrogen (secondary N) is 1. The fraction of sp³-hybridized carbons (Fsp3) is 0.600. The Kier molecular flexibility index (Phi) is 4.19. The average Bonchev–Trinajstić information content (AvgIpc) is 2.39. The van der Waals surface area contributed by atoms with E-state index in [0.29, 0.717) is 11.5 Å². The van der Waals surface area contributed by atoms with Crippen LogP contribution in [0.5, 0.6) is 0 Å². The van der Waals surface area contributed by atoms with Gasteiger partial charge in [0.2, 0.25) is 0 Å². The lowest BCUT2D eigenvalue weighted by molar-refractivity contribution is 0.271. The van der Waals surface area contributed by atoms with Crippen LogP contribution in [0.3, 0.4) is 0 Å². The molecule has 1 saturated heterocycles. The SMILES string of the molecule is CC1(c2ccccc2)CCC(CCCN)NC1. The van der Waals surface area contributed by atoms with Crippen molar-refractivity contribution < 1.29 is 0 Å². The number of benzene rings is 1. The van der Waals surface area contributed by atoms with E-state index >= 15 is 0 Å².